The molecule has 2 aromatic heterocycles. The molecular formula is C22H24N2O3S. The Hall–Kier alpha value is -2.70. The van der Waals surface area contributed by atoms with E-state index in [4.69, 9.17) is 4.74 Å². The largest absolute Gasteiger partial charge is 0.462 e. The molecule has 3 aromatic rings. The number of esters is 1. The Labute approximate surface area is 168 Å². The van der Waals surface area contributed by atoms with Crippen LogP contribution in [0.1, 0.15) is 55.5 Å². The molecule has 3 rings (SSSR count). The Bertz CT molecular complexity index is 946. The van der Waals surface area contributed by atoms with Crippen molar-refractivity contribution >= 4 is 23.1 Å². The fraction of sp³-hybridized carbons (Fsp3) is 0.273. The molecule has 0 spiro atoms. The van der Waals surface area contributed by atoms with Crippen molar-refractivity contribution in [2.75, 3.05) is 13.2 Å². The van der Waals surface area contributed by atoms with Crippen LogP contribution in [0.15, 0.2) is 47.8 Å². The summed E-state index contributed by atoms with van der Waals surface area (Å²) in [4.78, 5) is 29.6. The van der Waals surface area contributed by atoms with Gasteiger partial charge in [-0.2, -0.15) is 0 Å². The first kappa shape index (κ1) is 20.0. The predicted molar refractivity (Wildman–Crippen MR) is 111 cm³/mol. The van der Waals surface area contributed by atoms with Gasteiger partial charge in [0.15, 0.2) is 5.78 Å². The van der Waals surface area contributed by atoms with Crippen molar-refractivity contribution < 1.29 is 14.3 Å². The molecule has 2 heterocycles. The lowest BCUT2D eigenvalue weighted by Crippen LogP contribution is -2.29. The maximum absolute atomic E-state index is 13.0. The van der Waals surface area contributed by atoms with Gasteiger partial charge in [-0.3, -0.25) is 10.1 Å². The number of aromatic nitrogens is 1. The third kappa shape index (κ3) is 4.24. The summed E-state index contributed by atoms with van der Waals surface area (Å²) < 4.78 is 5.14. The summed E-state index contributed by atoms with van der Waals surface area (Å²) in [6.07, 6.45) is 0. The van der Waals surface area contributed by atoms with Crippen LogP contribution in [-0.2, 0) is 4.74 Å². The second-order valence-electron chi connectivity index (χ2n) is 6.51. The lowest BCUT2D eigenvalue weighted by molar-refractivity contribution is 0.0522. The van der Waals surface area contributed by atoms with E-state index < -0.39 is 5.97 Å². The van der Waals surface area contributed by atoms with E-state index >= 15 is 0 Å². The Morgan fingerprint density at radius 2 is 1.79 bits per heavy atom. The molecular weight excluding hydrogens is 372 g/mol. The first-order valence-electron chi connectivity index (χ1n) is 9.24. The van der Waals surface area contributed by atoms with E-state index in [1.165, 1.54) is 0 Å². The molecule has 1 aromatic carbocycles. The van der Waals surface area contributed by atoms with Crippen molar-refractivity contribution in [3.8, 4) is 0 Å². The van der Waals surface area contributed by atoms with Gasteiger partial charge >= 0.3 is 5.97 Å². The van der Waals surface area contributed by atoms with Crippen LogP contribution < -0.4 is 5.32 Å². The number of H-pyrrole nitrogens is 1. The van der Waals surface area contributed by atoms with Crippen LogP contribution in [0.3, 0.4) is 0 Å². The minimum atomic E-state index is -0.467. The number of nitrogens with one attached hydrogen (secondary N) is 2. The number of hydrogen-bond donors (Lipinski definition) is 2. The Morgan fingerprint density at radius 3 is 2.43 bits per heavy atom. The van der Waals surface area contributed by atoms with Gasteiger partial charge in [0.2, 0.25) is 0 Å². The molecule has 1 atom stereocenters. The summed E-state index contributed by atoms with van der Waals surface area (Å²) in [5.74, 6) is -0.604. The lowest BCUT2D eigenvalue weighted by atomic mass is 10.0. The van der Waals surface area contributed by atoms with E-state index in [0.29, 0.717) is 22.5 Å². The van der Waals surface area contributed by atoms with Crippen molar-refractivity contribution in [2.45, 2.75) is 26.8 Å². The predicted octanol–water partition coefficient (Wildman–Crippen LogP) is 4.43. The minimum Gasteiger partial charge on any atom is -0.462 e. The summed E-state index contributed by atoms with van der Waals surface area (Å²) in [7, 11) is 0. The molecule has 0 unspecified atom stereocenters. The Balaban J connectivity index is 1.84. The van der Waals surface area contributed by atoms with Gasteiger partial charge in [0, 0.05) is 16.3 Å². The maximum atomic E-state index is 13.0. The average Bonchev–Trinajstić information content (AvgIpc) is 3.30. The van der Waals surface area contributed by atoms with Gasteiger partial charge in [0.1, 0.15) is 0 Å². The molecule has 0 amide bonds. The van der Waals surface area contributed by atoms with Crippen molar-refractivity contribution in [2.24, 2.45) is 0 Å². The topological polar surface area (TPSA) is 71.2 Å². The number of Topliss-reactive ketones (excluding diaryl/α,β-unsaturated/α-hetero) is 1. The van der Waals surface area contributed by atoms with Gasteiger partial charge in [-0.05, 0) is 37.8 Å². The quantitative estimate of drug-likeness (QED) is 0.436. The highest BCUT2D eigenvalue weighted by atomic mass is 32.1. The van der Waals surface area contributed by atoms with Gasteiger partial charge < -0.3 is 9.72 Å². The smallest absolute Gasteiger partial charge is 0.340 e. The van der Waals surface area contributed by atoms with Gasteiger partial charge in [-0.25, -0.2) is 4.79 Å². The molecule has 0 bridgehead atoms. The molecule has 0 saturated carbocycles. The number of aromatic amines is 1. The molecule has 0 aliphatic rings. The SMILES string of the molecule is CCOC(=O)c1c(C)[nH]c(C)c1C(=O)CN[C@H](c1ccccc1)c1cccs1. The fourth-order valence-electron chi connectivity index (χ4n) is 3.36. The van der Waals surface area contributed by atoms with Gasteiger partial charge in [-0.15, -0.1) is 11.3 Å². The second kappa shape index (κ2) is 8.99. The molecule has 6 heteroatoms. The third-order valence-corrected chi connectivity index (χ3v) is 5.50. The first-order chi connectivity index (χ1) is 13.5. The highest BCUT2D eigenvalue weighted by Gasteiger charge is 2.26. The number of thiophene rings is 1. The highest BCUT2D eigenvalue weighted by molar-refractivity contribution is 7.10. The summed E-state index contributed by atoms with van der Waals surface area (Å²) in [5, 5.41) is 5.39. The van der Waals surface area contributed by atoms with E-state index in [9.17, 15) is 9.59 Å². The Morgan fingerprint density at radius 1 is 1.07 bits per heavy atom. The number of carbonyl (C=O) groups excluding carboxylic acids is 2. The van der Waals surface area contributed by atoms with Gasteiger partial charge in [0.05, 0.1) is 30.3 Å². The maximum Gasteiger partial charge on any atom is 0.340 e. The molecule has 0 radical (unpaired) electrons. The lowest BCUT2D eigenvalue weighted by Gasteiger charge is -2.18. The van der Waals surface area contributed by atoms with Crippen LogP contribution in [0.5, 0.6) is 0 Å². The van der Waals surface area contributed by atoms with Crippen molar-refractivity contribution in [3.05, 3.63) is 80.8 Å². The number of aryl methyl sites for hydroxylation is 2. The van der Waals surface area contributed by atoms with Crippen molar-refractivity contribution in [3.63, 3.8) is 0 Å². The van der Waals surface area contributed by atoms with E-state index in [-0.39, 0.29) is 25.0 Å². The molecule has 28 heavy (non-hydrogen) atoms. The minimum absolute atomic E-state index is 0.0865. The number of ketones is 1. The third-order valence-electron chi connectivity index (χ3n) is 4.56. The van der Waals surface area contributed by atoms with E-state index in [2.05, 4.69) is 16.4 Å². The number of ether oxygens (including phenoxy) is 1. The summed E-state index contributed by atoms with van der Waals surface area (Å²) >= 11 is 1.64. The Kier molecular flexibility index (Phi) is 6.44. The average molecular weight is 397 g/mol. The van der Waals surface area contributed by atoms with Crippen LogP contribution >= 0.6 is 11.3 Å². The van der Waals surface area contributed by atoms with Crippen LogP contribution in [0.2, 0.25) is 0 Å². The zero-order valence-electron chi connectivity index (χ0n) is 16.2. The zero-order chi connectivity index (χ0) is 20.1. The van der Waals surface area contributed by atoms with Gasteiger partial charge in [0.25, 0.3) is 0 Å². The fourth-order valence-corrected chi connectivity index (χ4v) is 4.18. The second-order valence-corrected chi connectivity index (χ2v) is 7.49. The van der Waals surface area contributed by atoms with E-state index in [1.54, 1.807) is 32.1 Å². The van der Waals surface area contributed by atoms with Crippen LogP contribution in [0.4, 0.5) is 0 Å². The van der Waals surface area contributed by atoms with Crippen LogP contribution in [-0.4, -0.2) is 29.9 Å². The van der Waals surface area contributed by atoms with Gasteiger partial charge in [-0.1, -0.05) is 36.4 Å². The number of benzene rings is 1. The summed E-state index contributed by atoms with van der Waals surface area (Å²) in [6, 6.07) is 14.0. The standard InChI is InChI=1S/C22H24N2O3S/c1-4-27-22(26)20-15(3)24-14(2)19(20)17(25)13-23-21(18-11-8-12-28-18)16-9-6-5-7-10-16/h5-12,21,23-24H,4,13H2,1-3H3/t21-/m1/s1. The highest BCUT2D eigenvalue weighted by Crippen LogP contribution is 2.26. The van der Waals surface area contributed by atoms with E-state index in [1.807, 2.05) is 41.8 Å². The molecule has 2 N–H and O–H groups in total. The molecule has 146 valence electrons. The monoisotopic (exact) mass is 396 g/mol. The van der Waals surface area contributed by atoms with Crippen molar-refractivity contribution in [1.82, 2.24) is 10.3 Å². The molecule has 0 saturated heterocycles. The molecule has 0 fully saturated rings. The first-order valence-corrected chi connectivity index (χ1v) is 10.1. The molecule has 0 aliphatic carbocycles. The summed E-state index contributed by atoms with van der Waals surface area (Å²) in [6.45, 7) is 5.71. The van der Waals surface area contributed by atoms with Crippen LogP contribution in [0, 0.1) is 13.8 Å². The van der Waals surface area contributed by atoms with E-state index in [0.717, 1.165) is 10.4 Å². The number of rotatable bonds is 8. The normalized spacial score (nSPS) is 12.0. The number of carbonyl (C=O) groups is 2. The number of hydrogen-bond acceptors (Lipinski definition) is 5. The summed E-state index contributed by atoms with van der Waals surface area (Å²) in [5.41, 5.74) is 3.15. The van der Waals surface area contributed by atoms with Crippen LogP contribution in [0.25, 0.3) is 0 Å². The molecule has 0 aliphatic heterocycles. The molecule has 5 nitrogen and oxygen atoms in total. The van der Waals surface area contributed by atoms with Crippen molar-refractivity contribution in [1.29, 1.82) is 0 Å². The zero-order valence-corrected chi connectivity index (χ0v) is 17.1.